The van der Waals surface area contributed by atoms with Crippen LogP contribution in [-0.4, -0.2) is 10.1 Å². The second kappa shape index (κ2) is 3.09. The lowest BCUT2D eigenvalue weighted by Crippen LogP contribution is -2.04. The number of benzene rings is 1. The van der Waals surface area contributed by atoms with E-state index < -0.39 is 11.4 Å². The van der Waals surface area contributed by atoms with Crippen molar-refractivity contribution in [2.24, 2.45) is 0 Å². The summed E-state index contributed by atoms with van der Waals surface area (Å²) in [6, 6.07) is 3.97. The van der Waals surface area contributed by atoms with E-state index in [0.717, 1.165) is 0 Å². The minimum atomic E-state index is -0.626. The van der Waals surface area contributed by atoms with Gasteiger partial charge in [-0.15, -0.1) is 0 Å². The number of nitrogens with one attached hydrogen (secondary N) is 1. The normalized spacial score (nSPS) is 10.7. The molecule has 0 saturated carbocycles. The van der Waals surface area contributed by atoms with E-state index in [-0.39, 0.29) is 10.2 Å². The van der Waals surface area contributed by atoms with E-state index >= 15 is 0 Å². The fraction of sp³-hybridized carbons (Fsp3) is 0. The Bertz CT molecular complexity index is 564. The largest absolute Gasteiger partial charge is 0.503 e. The predicted octanol–water partition coefficient (Wildman–Crippen LogP) is 2.14. The number of H-pyrrole nitrogens is 1. The number of aromatic amines is 1. The van der Waals surface area contributed by atoms with E-state index in [9.17, 15) is 9.18 Å². The highest BCUT2D eigenvalue weighted by atomic mass is 79.9. The molecule has 0 bridgehead atoms. The Labute approximate surface area is 86.3 Å². The first-order valence-electron chi connectivity index (χ1n) is 3.79. The highest BCUT2D eigenvalue weighted by Crippen LogP contribution is 2.22. The molecule has 0 atom stereocenters. The van der Waals surface area contributed by atoms with Crippen molar-refractivity contribution in [2.45, 2.75) is 0 Å². The molecular formula is C9H5BrFNO2. The average Bonchev–Trinajstić information content (AvgIpc) is 2.11. The monoisotopic (exact) mass is 257 g/mol. The van der Waals surface area contributed by atoms with Gasteiger partial charge in [0.1, 0.15) is 5.82 Å². The molecule has 2 aromatic rings. The van der Waals surface area contributed by atoms with Gasteiger partial charge >= 0.3 is 0 Å². The summed E-state index contributed by atoms with van der Waals surface area (Å²) in [6.07, 6.45) is 0. The Hall–Kier alpha value is -1.36. The molecule has 1 aromatic heterocycles. The smallest absolute Gasteiger partial charge is 0.290 e. The lowest BCUT2D eigenvalue weighted by Gasteiger charge is -2.00. The van der Waals surface area contributed by atoms with Crippen LogP contribution in [0.3, 0.4) is 0 Å². The molecule has 0 aliphatic carbocycles. The number of halogens is 2. The van der Waals surface area contributed by atoms with Crippen molar-refractivity contribution in [2.75, 3.05) is 0 Å². The van der Waals surface area contributed by atoms with Crippen LogP contribution in [0.15, 0.2) is 27.5 Å². The molecule has 0 fully saturated rings. The number of hydrogen-bond acceptors (Lipinski definition) is 2. The van der Waals surface area contributed by atoms with Crippen molar-refractivity contribution >= 4 is 26.8 Å². The van der Waals surface area contributed by atoms with E-state index in [4.69, 9.17) is 5.11 Å². The minimum absolute atomic E-state index is 0.288. The molecule has 5 heteroatoms. The van der Waals surface area contributed by atoms with Gasteiger partial charge in [0.2, 0.25) is 0 Å². The van der Waals surface area contributed by atoms with Crippen LogP contribution in [0, 0.1) is 5.82 Å². The Morgan fingerprint density at radius 2 is 2.07 bits per heavy atom. The van der Waals surface area contributed by atoms with E-state index in [2.05, 4.69) is 20.9 Å². The number of fused-ring (bicyclic) bond motifs is 1. The summed E-state index contributed by atoms with van der Waals surface area (Å²) in [5.74, 6) is -0.838. The molecule has 0 unspecified atom stereocenters. The van der Waals surface area contributed by atoms with E-state index in [0.29, 0.717) is 10.9 Å². The van der Waals surface area contributed by atoms with Crippen molar-refractivity contribution < 1.29 is 9.50 Å². The molecule has 0 radical (unpaired) electrons. The van der Waals surface area contributed by atoms with Crippen LogP contribution in [0.4, 0.5) is 4.39 Å². The lowest BCUT2D eigenvalue weighted by atomic mass is 10.2. The molecule has 3 nitrogen and oxygen atoms in total. The first-order chi connectivity index (χ1) is 6.58. The van der Waals surface area contributed by atoms with Crippen molar-refractivity contribution in [1.82, 2.24) is 4.98 Å². The second-order valence-electron chi connectivity index (χ2n) is 2.84. The molecular weight excluding hydrogens is 253 g/mol. The average molecular weight is 258 g/mol. The number of rotatable bonds is 0. The highest BCUT2D eigenvalue weighted by molar-refractivity contribution is 9.10. The van der Waals surface area contributed by atoms with Crippen LogP contribution in [-0.2, 0) is 0 Å². The van der Waals surface area contributed by atoms with E-state index in [1.807, 2.05) is 0 Å². The molecule has 1 aromatic carbocycles. The van der Waals surface area contributed by atoms with Gasteiger partial charge < -0.3 is 10.1 Å². The van der Waals surface area contributed by atoms with Crippen molar-refractivity contribution in [1.29, 1.82) is 0 Å². The maximum atomic E-state index is 13.0. The first kappa shape index (κ1) is 9.21. The third-order valence-electron chi connectivity index (χ3n) is 1.87. The quantitative estimate of drug-likeness (QED) is 0.760. The number of aromatic hydroxyl groups is 1. The van der Waals surface area contributed by atoms with Crippen molar-refractivity contribution in [3.05, 3.63) is 38.8 Å². The zero-order chi connectivity index (χ0) is 10.3. The molecule has 2 rings (SSSR count). The van der Waals surface area contributed by atoms with Crippen molar-refractivity contribution in [3.63, 3.8) is 0 Å². The fourth-order valence-corrected chi connectivity index (χ4v) is 1.55. The Morgan fingerprint density at radius 1 is 1.36 bits per heavy atom. The Balaban J connectivity index is 2.90. The molecule has 72 valence electrons. The third-order valence-corrected chi connectivity index (χ3v) is 2.47. The zero-order valence-corrected chi connectivity index (χ0v) is 8.43. The van der Waals surface area contributed by atoms with Crippen molar-refractivity contribution in [3.8, 4) is 5.75 Å². The molecule has 0 aliphatic heterocycles. The molecule has 0 amide bonds. The summed E-state index contributed by atoms with van der Waals surface area (Å²) in [6.45, 7) is 0. The van der Waals surface area contributed by atoms with Crippen LogP contribution in [0.1, 0.15) is 0 Å². The third kappa shape index (κ3) is 1.39. The van der Waals surface area contributed by atoms with Crippen LogP contribution in [0.2, 0.25) is 0 Å². The van der Waals surface area contributed by atoms with Gasteiger partial charge in [-0.25, -0.2) is 4.39 Å². The van der Waals surface area contributed by atoms with Gasteiger partial charge in [-0.3, -0.25) is 4.79 Å². The zero-order valence-electron chi connectivity index (χ0n) is 6.84. The van der Waals surface area contributed by atoms with E-state index in [1.54, 1.807) is 0 Å². The van der Waals surface area contributed by atoms with Gasteiger partial charge in [-0.05, 0) is 34.1 Å². The molecule has 0 saturated heterocycles. The van der Waals surface area contributed by atoms with Gasteiger partial charge in [0.15, 0.2) is 5.75 Å². The molecule has 2 N–H and O–H groups in total. The topological polar surface area (TPSA) is 53.1 Å². The number of pyridine rings is 1. The number of hydrogen-bond donors (Lipinski definition) is 2. The minimum Gasteiger partial charge on any atom is -0.503 e. The summed E-state index contributed by atoms with van der Waals surface area (Å²) < 4.78 is 13.3. The summed E-state index contributed by atoms with van der Waals surface area (Å²) in [5, 5.41) is 9.69. The van der Waals surface area contributed by atoms with Gasteiger partial charge in [0.05, 0.1) is 9.99 Å². The SMILES string of the molecule is O=c1[nH]c2cc(F)c(Br)cc2cc1O. The highest BCUT2D eigenvalue weighted by Gasteiger charge is 2.05. The first-order valence-corrected chi connectivity index (χ1v) is 4.58. The van der Waals surface area contributed by atoms with E-state index in [1.165, 1.54) is 18.2 Å². The van der Waals surface area contributed by atoms with Crippen LogP contribution < -0.4 is 5.56 Å². The molecule has 0 aliphatic rings. The number of aromatic nitrogens is 1. The van der Waals surface area contributed by atoms with Crippen LogP contribution in [0.5, 0.6) is 5.75 Å². The second-order valence-corrected chi connectivity index (χ2v) is 3.69. The molecule has 1 heterocycles. The molecule has 14 heavy (non-hydrogen) atoms. The van der Waals surface area contributed by atoms with Crippen LogP contribution in [0.25, 0.3) is 10.9 Å². The van der Waals surface area contributed by atoms with Gasteiger partial charge in [0, 0.05) is 5.39 Å². The maximum Gasteiger partial charge on any atom is 0.290 e. The summed E-state index contributed by atoms with van der Waals surface area (Å²) in [5.41, 5.74) is -0.271. The fourth-order valence-electron chi connectivity index (χ4n) is 1.19. The van der Waals surface area contributed by atoms with Gasteiger partial charge in [-0.2, -0.15) is 0 Å². The summed E-state index contributed by atoms with van der Waals surface area (Å²) >= 11 is 3.01. The molecule has 0 spiro atoms. The predicted molar refractivity (Wildman–Crippen MR) is 53.9 cm³/mol. The lowest BCUT2D eigenvalue weighted by molar-refractivity contribution is 0.468. The van der Waals surface area contributed by atoms with Gasteiger partial charge in [0.25, 0.3) is 5.56 Å². The maximum absolute atomic E-state index is 13.0. The van der Waals surface area contributed by atoms with Gasteiger partial charge in [-0.1, -0.05) is 0 Å². The standard InChI is InChI=1S/C9H5BrFNO2/c10-5-1-4-2-8(13)9(14)12-7(4)3-6(5)11/h1-3,13H,(H,12,14). The van der Waals surface area contributed by atoms with Crippen LogP contribution >= 0.6 is 15.9 Å². The summed E-state index contributed by atoms with van der Waals surface area (Å²) in [4.78, 5) is 13.3. The summed E-state index contributed by atoms with van der Waals surface area (Å²) in [7, 11) is 0. The Kier molecular flexibility index (Phi) is 2.03. The Morgan fingerprint density at radius 3 is 2.79 bits per heavy atom.